The monoisotopic (exact) mass is 235 g/mol. The van der Waals surface area contributed by atoms with Gasteiger partial charge in [0.15, 0.2) is 0 Å². The first kappa shape index (κ1) is 11.1. The molecule has 0 aliphatic heterocycles. The van der Waals surface area contributed by atoms with Gasteiger partial charge in [0, 0.05) is 11.8 Å². The van der Waals surface area contributed by atoms with Crippen molar-refractivity contribution in [1.82, 2.24) is 14.5 Å². The number of nitrogens with zero attached hydrogens (tertiary/aromatic N) is 3. The Morgan fingerprint density at radius 3 is 2.76 bits per heavy atom. The molecule has 0 saturated carbocycles. The molecule has 2 aromatic heterocycles. The maximum Gasteiger partial charge on any atom is 0.354 e. The van der Waals surface area contributed by atoms with Crippen molar-refractivity contribution in [1.29, 1.82) is 0 Å². The molecule has 0 spiro atoms. The standard InChI is InChI=1S/C10H10FN5O/c1-5-6(4-14-9(11)8(5)13)16-3-2-7(12)15-10(16)17/h2-4H,13H2,1H3,(H2,12,15,17). The van der Waals surface area contributed by atoms with Crippen molar-refractivity contribution in [2.45, 2.75) is 6.92 Å². The van der Waals surface area contributed by atoms with Crippen LogP contribution in [0, 0.1) is 12.9 Å². The van der Waals surface area contributed by atoms with Gasteiger partial charge in [-0.25, -0.2) is 9.78 Å². The first-order valence-corrected chi connectivity index (χ1v) is 4.77. The van der Waals surface area contributed by atoms with Crippen molar-refractivity contribution in [3.8, 4) is 5.69 Å². The van der Waals surface area contributed by atoms with Crippen molar-refractivity contribution in [2.24, 2.45) is 0 Å². The van der Waals surface area contributed by atoms with E-state index in [9.17, 15) is 9.18 Å². The van der Waals surface area contributed by atoms with Crippen LogP contribution in [-0.4, -0.2) is 14.5 Å². The molecule has 17 heavy (non-hydrogen) atoms. The van der Waals surface area contributed by atoms with E-state index in [1.807, 2.05) is 0 Å². The summed E-state index contributed by atoms with van der Waals surface area (Å²) in [4.78, 5) is 18.6. The molecule has 88 valence electrons. The molecule has 0 fully saturated rings. The van der Waals surface area contributed by atoms with Gasteiger partial charge in [-0.15, -0.1) is 0 Å². The summed E-state index contributed by atoms with van der Waals surface area (Å²) in [6.07, 6.45) is 2.66. The van der Waals surface area contributed by atoms with Gasteiger partial charge in [-0.05, 0) is 13.0 Å². The summed E-state index contributed by atoms with van der Waals surface area (Å²) in [5.74, 6) is -0.644. The van der Waals surface area contributed by atoms with Crippen LogP contribution in [0.2, 0.25) is 0 Å². The Labute approximate surface area is 95.7 Å². The Hall–Kier alpha value is -2.44. The van der Waals surface area contributed by atoms with E-state index in [2.05, 4.69) is 9.97 Å². The molecule has 0 bridgehead atoms. The minimum absolute atomic E-state index is 0.0915. The smallest absolute Gasteiger partial charge is 0.354 e. The van der Waals surface area contributed by atoms with Crippen LogP contribution in [0.1, 0.15) is 5.56 Å². The number of nitrogens with two attached hydrogens (primary N) is 2. The highest BCUT2D eigenvalue weighted by molar-refractivity contribution is 5.55. The molecule has 0 amide bonds. The number of aromatic nitrogens is 3. The Morgan fingerprint density at radius 1 is 1.41 bits per heavy atom. The van der Waals surface area contributed by atoms with E-state index in [-0.39, 0.29) is 11.5 Å². The van der Waals surface area contributed by atoms with Crippen LogP contribution < -0.4 is 17.2 Å². The first-order valence-electron chi connectivity index (χ1n) is 4.77. The van der Waals surface area contributed by atoms with Crippen LogP contribution >= 0.6 is 0 Å². The molecule has 7 heteroatoms. The van der Waals surface area contributed by atoms with Gasteiger partial charge in [0.2, 0.25) is 5.95 Å². The minimum Gasteiger partial charge on any atom is -0.395 e. The van der Waals surface area contributed by atoms with Crippen LogP contribution in [0.4, 0.5) is 15.9 Å². The molecule has 0 unspecified atom stereocenters. The zero-order valence-electron chi connectivity index (χ0n) is 9.01. The second-order valence-electron chi connectivity index (χ2n) is 3.48. The van der Waals surface area contributed by atoms with Crippen molar-refractivity contribution in [3.63, 3.8) is 0 Å². The Morgan fingerprint density at radius 2 is 2.12 bits per heavy atom. The lowest BCUT2D eigenvalue weighted by molar-refractivity contribution is 0.586. The van der Waals surface area contributed by atoms with Crippen LogP contribution in [0.15, 0.2) is 23.3 Å². The Balaban J connectivity index is 2.69. The average molecular weight is 235 g/mol. The molecule has 0 aliphatic rings. The number of nitrogen functional groups attached to an aromatic ring is 2. The zero-order chi connectivity index (χ0) is 12.6. The van der Waals surface area contributed by atoms with Crippen molar-refractivity contribution >= 4 is 11.5 Å². The molecule has 0 atom stereocenters. The maximum absolute atomic E-state index is 13.1. The molecule has 4 N–H and O–H groups in total. The molecule has 2 heterocycles. The maximum atomic E-state index is 13.1. The lowest BCUT2D eigenvalue weighted by atomic mass is 10.2. The molecule has 2 rings (SSSR count). The van der Waals surface area contributed by atoms with Crippen LogP contribution in [0.3, 0.4) is 0 Å². The number of hydrogen-bond donors (Lipinski definition) is 2. The van der Waals surface area contributed by atoms with Crippen molar-refractivity contribution in [3.05, 3.63) is 40.5 Å². The third-order valence-corrected chi connectivity index (χ3v) is 2.40. The van der Waals surface area contributed by atoms with Gasteiger partial charge in [-0.2, -0.15) is 9.37 Å². The summed E-state index contributed by atoms with van der Waals surface area (Å²) >= 11 is 0. The summed E-state index contributed by atoms with van der Waals surface area (Å²) in [6.45, 7) is 1.60. The first-order chi connectivity index (χ1) is 8.00. The van der Waals surface area contributed by atoms with Gasteiger partial charge in [-0.3, -0.25) is 4.57 Å². The molecule has 0 aliphatic carbocycles. The van der Waals surface area contributed by atoms with Gasteiger partial charge in [0.1, 0.15) is 5.82 Å². The van der Waals surface area contributed by atoms with E-state index in [0.29, 0.717) is 11.3 Å². The number of hydrogen-bond acceptors (Lipinski definition) is 5. The summed E-state index contributed by atoms with van der Waals surface area (Å²) in [5.41, 5.74) is 11.0. The lowest BCUT2D eigenvalue weighted by Gasteiger charge is -2.10. The third-order valence-electron chi connectivity index (χ3n) is 2.40. The number of rotatable bonds is 1. The molecule has 0 radical (unpaired) electrons. The predicted molar refractivity (Wildman–Crippen MR) is 61.1 cm³/mol. The van der Waals surface area contributed by atoms with E-state index in [0.717, 1.165) is 0 Å². The number of anilines is 2. The number of pyridine rings is 1. The highest BCUT2D eigenvalue weighted by atomic mass is 19.1. The largest absolute Gasteiger partial charge is 0.395 e. The molecule has 2 aromatic rings. The summed E-state index contributed by atoms with van der Waals surface area (Å²) in [7, 11) is 0. The molecular formula is C10H10FN5O. The SMILES string of the molecule is Cc1c(-n2ccc(N)nc2=O)cnc(F)c1N. The van der Waals surface area contributed by atoms with Gasteiger partial charge in [0.25, 0.3) is 0 Å². The predicted octanol–water partition coefficient (Wildman–Crippen LogP) is 0.239. The topological polar surface area (TPSA) is 99.8 Å². The van der Waals surface area contributed by atoms with Crippen molar-refractivity contribution in [2.75, 3.05) is 11.5 Å². The Bertz CT molecular complexity index is 637. The average Bonchev–Trinajstić information content (AvgIpc) is 2.28. The highest BCUT2D eigenvalue weighted by Crippen LogP contribution is 2.19. The second kappa shape index (κ2) is 3.85. The van der Waals surface area contributed by atoms with E-state index < -0.39 is 11.6 Å². The van der Waals surface area contributed by atoms with Crippen molar-refractivity contribution < 1.29 is 4.39 Å². The summed E-state index contributed by atoms with van der Waals surface area (Å²) < 4.78 is 14.3. The van der Waals surface area contributed by atoms with Crippen LogP contribution in [-0.2, 0) is 0 Å². The van der Waals surface area contributed by atoms with Gasteiger partial charge in [-0.1, -0.05) is 0 Å². The van der Waals surface area contributed by atoms with E-state index >= 15 is 0 Å². The second-order valence-corrected chi connectivity index (χ2v) is 3.48. The minimum atomic E-state index is -0.761. The normalized spacial score (nSPS) is 10.5. The fourth-order valence-corrected chi connectivity index (χ4v) is 1.42. The van der Waals surface area contributed by atoms with E-state index in [4.69, 9.17) is 11.5 Å². The number of halogens is 1. The van der Waals surface area contributed by atoms with Gasteiger partial charge >= 0.3 is 5.69 Å². The van der Waals surface area contributed by atoms with Crippen LogP contribution in [0.5, 0.6) is 0 Å². The van der Waals surface area contributed by atoms with Gasteiger partial charge < -0.3 is 11.5 Å². The summed E-state index contributed by atoms with van der Waals surface area (Å²) in [5, 5.41) is 0. The highest BCUT2D eigenvalue weighted by Gasteiger charge is 2.11. The molecule has 0 saturated heterocycles. The fraction of sp³-hybridized carbons (Fsp3) is 0.100. The lowest BCUT2D eigenvalue weighted by Crippen LogP contribution is -2.23. The van der Waals surface area contributed by atoms with E-state index in [1.54, 1.807) is 6.92 Å². The van der Waals surface area contributed by atoms with Crippen LogP contribution in [0.25, 0.3) is 5.69 Å². The Kier molecular flexibility index (Phi) is 2.51. The third kappa shape index (κ3) is 1.82. The summed E-state index contributed by atoms with van der Waals surface area (Å²) in [6, 6.07) is 1.46. The molecule has 6 nitrogen and oxygen atoms in total. The fourth-order valence-electron chi connectivity index (χ4n) is 1.42. The van der Waals surface area contributed by atoms with Gasteiger partial charge in [0.05, 0.1) is 17.6 Å². The molecular weight excluding hydrogens is 225 g/mol. The quantitative estimate of drug-likeness (QED) is 0.689. The molecule has 0 aromatic carbocycles. The van der Waals surface area contributed by atoms with E-state index in [1.165, 1.54) is 23.0 Å². The zero-order valence-corrected chi connectivity index (χ0v) is 9.01.